The van der Waals surface area contributed by atoms with E-state index in [0.29, 0.717) is 0 Å². The van der Waals surface area contributed by atoms with E-state index in [1.54, 1.807) is 18.2 Å². The molecule has 1 rings (SSSR count). The molecule has 0 aliphatic heterocycles. The first kappa shape index (κ1) is 11.2. The zero-order chi connectivity index (χ0) is 10.6. The Morgan fingerprint density at radius 3 is 2.29 bits per heavy atom. The molecule has 14 heavy (non-hydrogen) atoms. The minimum Gasteiger partial charge on any atom is -0.266 e. The lowest BCUT2D eigenvalue weighted by molar-refractivity contribution is 0.275. The molecule has 4 heteroatoms. The molecule has 0 saturated heterocycles. The van der Waals surface area contributed by atoms with Crippen LogP contribution in [-0.4, -0.2) is 15.0 Å². The maximum Gasteiger partial charge on any atom is 0.296 e. The van der Waals surface area contributed by atoms with Gasteiger partial charge in [-0.2, -0.15) is 8.42 Å². The first-order chi connectivity index (χ1) is 6.52. The maximum atomic E-state index is 11.5. The van der Waals surface area contributed by atoms with Crippen molar-refractivity contribution in [1.29, 1.82) is 0 Å². The average Bonchev–Trinajstić information content (AvgIpc) is 2.16. The number of benzene rings is 1. The molecule has 0 aromatic heterocycles. The average molecular weight is 214 g/mol. The van der Waals surface area contributed by atoms with Crippen LogP contribution in [0.4, 0.5) is 0 Å². The monoisotopic (exact) mass is 214 g/mol. The lowest BCUT2D eigenvalue weighted by atomic mass is 10.2. The molecule has 0 spiro atoms. The molecule has 0 aliphatic carbocycles. The van der Waals surface area contributed by atoms with Crippen LogP contribution in [0.1, 0.15) is 13.8 Å². The van der Waals surface area contributed by atoms with Crippen LogP contribution in [0.25, 0.3) is 0 Å². The van der Waals surface area contributed by atoms with E-state index in [1.807, 2.05) is 13.8 Å². The van der Waals surface area contributed by atoms with Crippen molar-refractivity contribution in [3.63, 3.8) is 0 Å². The molecule has 1 aromatic rings. The Morgan fingerprint density at radius 1 is 1.21 bits per heavy atom. The molecule has 0 N–H and O–H groups in total. The molecule has 0 amide bonds. The minimum absolute atomic E-state index is 0.202. The quantitative estimate of drug-likeness (QED) is 0.720. The minimum atomic E-state index is -3.56. The molecule has 1 aromatic carbocycles. The van der Waals surface area contributed by atoms with Gasteiger partial charge in [0.2, 0.25) is 0 Å². The van der Waals surface area contributed by atoms with Crippen molar-refractivity contribution < 1.29 is 12.6 Å². The molecular formula is C10H14O3S. The van der Waals surface area contributed by atoms with E-state index in [0.717, 1.165) is 0 Å². The van der Waals surface area contributed by atoms with Crippen molar-refractivity contribution in [3.8, 4) is 0 Å². The Morgan fingerprint density at radius 2 is 1.79 bits per heavy atom. The molecule has 0 fully saturated rings. The fourth-order valence-electron chi connectivity index (χ4n) is 0.881. The fraction of sp³-hybridized carbons (Fsp3) is 0.400. The summed E-state index contributed by atoms with van der Waals surface area (Å²) in [6.07, 6.45) is 0. The van der Waals surface area contributed by atoms with Gasteiger partial charge in [0, 0.05) is 0 Å². The van der Waals surface area contributed by atoms with Crippen LogP contribution in [0.15, 0.2) is 35.2 Å². The van der Waals surface area contributed by atoms with Crippen molar-refractivity contribution in [2.24, 2.45) is 5.92 Å². The van der Waals surface area contributed by atoms with E-state index in [-0.39, 0.29) is 17.4 Å². The first-order valence-corrected chi connectivity index (χ1v) is 5.87. The van der Waals surface area contributed by atoms with Crippen LogP contribution in [0.5, 0.6) is 0 Å². The molecule has 3 nitrogen and oxygen atoms in total. The fourth-order valence-corrected chi connectivity index (χ4v) is 1.96. The van der Waals surface area contributed by atoms with Gasteiger partial charge in [-0.05, 0) is 18.1 Å². The van der Waals surface area contributed by atoms with Crippen molar-refractivity contribution in [3.05, 3.63) is 30.3 Å². The number of hydrogen-bond donors (Lipinski definition) is 0. The highest BCUT2D eigenvalue weighted by atomic mass is 32.2. The predicted molar refractivity (Wildman–Crippen MR) is 54.4 cm³/mol. The third-order valence-electron chi connectivity index (χ3n) is 1.59. The lowest BCUT2D eigenvalue weighted by Gasteiger charge is -2.06. The van der Waals surface area contributed by atoms with Crippen LogP contribution in [0.2, 0.25) is 0 Å². The molecule has 0 bridgehead atoms. The molecule has 0 atom stereocenters. The van der Waals surface area contributed by atoms with Gasteiger partial charge in [-0.1, -0.05) is 32.0 Å². The first-order valence-electron chi connectivity index (χ1n) is 4.47. The van der Waals surface area contributed by atoms with Gasteiger partial charge >= 0.3 is 0 Å². The molecule has 78 valence electrons. The molecular weight excluding hydrogens is 200 g/mol. The summed E-state index contributed by atoms with van der Waals surface area (Å²) in [5.41, 5.74) is 0. The summed E-state index contributed by atoms with van der Waals surface area (Å²) in [7, 11) is -3.56. The van der Waals surface area contributed by atoms with Gasteiger partial charge in [-0.15, -0.1) is 0 Å². The van der Waals surface area contributed by atoms with Crippen molar-refractivity contribution in [1.82, 2.24) is 0 Å². The van der Waals surface area contributed by atoms with Crippen molar-refractivity contribution >= 4 is 10.1 Å². The van der Waals surface area contributed by atoms with E-state index in [1.165, 1.54) is 12.1 Å². The normalized spacial score (nSPS) is 11.9. The van der Waals surface area contributed by atoms with E-state index in [2.05, 4.69) is 0 Å². The summed E-state index contributed by atoms with van der Waals surface area (Å²) >= 11 is 0. The Bertz CT molecular complexity index is 368. The Labute approximate surface area is 84.8 Å². The van der Waals surface area contributed by atoms with E-state index in [9.17, 15) is 8.42 Å². The van der Waals surface area contributed by atoms with Gasteiger partial charge in [0.1, 0.15) is 0 Å². The Hall–Kier alpha value is -0.870. The zero-order valence-electron chi connectivity index (χ0n) is 8.30. The zero-order valence-corrected chi connectivity index (χ0v) is 9.12. The maximum absolute atomic E-state index is 11.5. The van der Waals surface area contributed by atoms with Gasteiger partial charge in [-0.25, -0.2) is 0 Å². The third-order valence-corrected chi connectivity index (χ3v) is 2.88. The highest BCUT2D eigenvalue weighted by Crippen LogP contribution is 2.12. The second-order valence-electron chi connectivity index (χ2n) is 3.45. The molecule has 0 unspecified atom stereocenters. The molecule has 0 radical (unpaired) electrons. The topological polar surface area (TPSA) is 43.4 Å². The van der Waals surface area contributed by atoms with Gasteiger partial charge in [-0.3, -0.25) is 4.18 Å². The van der Waals surface area contributed by atoms with E-state index < -0.39 is 10.1 Å². The Balaban J connectivity index is 2.77. The standard InChI is InChI=1S/C10H14O3S/c1-9(2)8-13-14(11,12)10-6-4-3-5-7-10/h3-7,9H,8H2,1-2H3. The highest BCUT2D eigenvalue weighted by Gasteiger charge is 2.14. The van der Waals surface area contributed by atoms with E-state index >= 15 is 0 Å². The van der Waals surface area contributed by atoms with Crippen LogP contribution < -0.4 is 0 Å². The summed E-state index contributed by atoms with van der Waals surface area (Å²) in [6, 6.07) is 8.16. The van der Waals surface area contributed by atoms with Crippen LogP contribution in [0.3, 0.4) is 0 Å². The smallest absolute Gasteiger partial charge is 0.266 e. The summed E-state index contributed by atoms with van der Waals surface area (Å²) in [6.45, 7) is 4.03. The summed E-state index contributed by atoms with van der Waals surface area (Å²) in [4.78, 5) is 0.209. The van der Waals surface area contributed by atoms with E-state index in [4.69, 9.17) is 4.18 Å². The summed E-state index contributed by atoms with van der Waals surface area (Å²) in [5, 5.41) is 0. The lowest BCUT2D eigenvalue weighted by Crippen LogP contribution is -2.10. The molecule has 0 heterocycles. The summed E-state index contributed by atoms with van der Waals surface area (Å²) < 4.78 is 27.9. The van der Waals surface area contributed by atoms with Gasteiger partial charge in [0.25, 0.3) is 10.1 Å². The SMILES string of the molecule is CC(C)COS(=O)(=O)c1ccccc1. The highest BCUT2D eigenvalue weighted by molar-refractivity contribution is 7.86. The largest absolute Gasteiger partial charge is 0.296 e. The number of rotatable bonds is 4. The number of hydrogen-bond acceptors (Lipinski definition) is 3. The predicted octanol–water partition coefficient (Wildman–Crippen LogP) is 2.05. The molecule has 0 aliphatic rings. The Kier molecular flexibility index (Phi) is 3.66. The van der Waals surface area contributed by atoms with Crippen LogP contribution in [-0.2, 0) is 14.3 Å². The van der Waals surface area contributed by atoms with Gasteiger partial charge in [0.15, 0.2) is 0 Å². The third kappa shape index (κ3) is 3.12. The second-order valence-corrected chi connectivity index (χ2v) is 5.06. The van der Waals surface area contributed by atoms with Crippen LogP contribution >= 0.6 is 0 Å². The van der Waals surface area contributed by atoms with Crippen molar-refractivity contribution in [2.45, 2.75) is 18.7 Å². The summed E-state index contributed by atoms with van der Waals surface area (Å²) in [5.74, 6) is 0.202. The van der Waals surface area contributed by atoms with Crippen molar-refractivity contribution in [2.75, 3.05) is 6.61 Å². The van der Waals surface area contributed by atoms with Gasteiger partial charge < -0.3 is 0 Å². The molecule has 0 saturated carbocycles. The second kappa shape index (κ2) is 4.57. The van der Waals surface area contributed by atoms with Gasteiger partial charge in [0.05, 0.1) is 11.5 Å². The van der Waals surface area contributed by atoms with Crippen LogP contribution in [0, 0.1) is 5.92 Å².